The molecule has 0 fully saturated rings. The normalized spacial score (nSPS) is 10.5. The van der Waals surface area contributed by atoms with E-state index >= 15 is 0 Å². The van der Waals surface area contributed by atoms with E-state index in [-0.39, 0.29) is 0 Å². The summed E-state index contributed by atoms with van der Waals surface area (Å²) in [4.78, 5) is 4.26. The summed E-state index contributed by atoms with van der Waals surface area (Å²) < 4.78 is 1.83. The summed E-state index contributed by atoms with van der Waals surface area (Å²) >= 11 is 0. The molecule has 3 nitrogen and oxygen atoms in total. The van der Waals surface area contributed by atoms with Gasteiger partial charge in [-0.25, -0.2) is 9.67 Å². The first kappa shape index (κ1) is 9.96. The van der Waals surface area contributed by atoms with Crippen LogP contribution in [0.1, 0.15) is 17.2 Å². The number of hydrogen-bond acceptors (Lipinski definition) is 2. The predicted octanol–water partition coefficient (Wildman–Crippen LogP) is 1.55. The number of aryl methyl sites for hydroxylation is 2. The summed E-state index contributed by atoms with van der Waals surface area (Å²) in [6, 6.07) is 8.02. The first-order valence-corrected chi connectivity index (χ1v) is 4.90. The molecule has 0 N–H and O–H groups in total. The summed E-state index contributed by atoms with van der Waals surface area (Å²) in [5.41, 5.74) is 2.14. The monoisotopic (exact) mass is 197 g/mol. The topological polar surface area (TPSA) is 30.7 Å². The maximum atomic E-state index is 5.54. The van der Waals surface area contributed by atoms with E-state index in [4.69, 9.17) is 7.85 Å². The van der Waals surface area contributed by atoms with Gasteiger partial charge in [-0.15, -0.1) is 0 Å². The predicted molar refractivity (Wildman–Crippen MR) is 60.3 cm³/mol. The van der Waals surface area contributed by atoms with Crippen molar-refractivity contribution in [3.8, 4) is 5.69 Å². The van der Waals surface area contributed by atoms with Crippen LogP contribution in [0.2, 0.25) is 0 Å². The Labute approximate surface area is 90.6 Å². The van der Waals surface area contributed by atoms with Crippen molar-refractivity contribution >= 4 is 7.85 Å². The molecule has 1 aromatic heterocycles. The summed E-state index contributed by atoms with van der Waals surface area (Å²) in [5, 5.41) is 4.31. The van der Waals surface area contributed by atoms with E-state index in [0.717, 1.165) is 22.9 Å². The second kappa shape index (κ2) is 3.89. The van der Waals surface area contributed by atoms with E-state index in [1.54, 1.807) is 0 Å². The van der Waals surface area contributed by atoms with Gasteiger partial charge in [-0.3, -0.25) is 0 Å². The smallest absolute Gasteiger partial charge is 0.148 e. The zero-order valence-electron chi connectivity index (χ0n) is 8.94. The minimum atomic E-state index is 0.565. The van der Waals surface area contributed by atoms with Crippen LogP contribution in [0, 0.1) is 13.8 Å². The van der Waals surface area contributed by atoms with Crippen molar-refractivity contribution in [1.29, 1.82) is 0 Å². The molecule has 0 spiro atoms. The maximum Gasteiger partial charge on any atom is 0.148 e. The second-order valence-corrected chi connectivity index (χ2v) is 3.49. The summed E-state index contributed by atoms with van der Waals surface area (Å²) in [5.74, 6) is 1.68. The van der Waals surface area contributed by atoms with E-state index in [0.29, 0.717) is 6.32 Å². The van der Waals surface area contributed by atoms with Gasteiger partial charge in [0, 0.05) is 0 Å². The van der Waals surface area contributed by atoms with Crippen molar-refractivity contribution < 1.29 is 0 Å². The lowest BCUT2D eigenvalue weighted by molar-refractivity contribution is 0.831. The fourth-order valence-electron chi connectivity index (χ4n) is 1.54. The van der Waals surface area contributed by atoms with E-state index < -0.39 is 0 Å². The molecule has 4 heteroatoms. The summed E-state index contributed by atoms with van der Waals surface area (Å²) in [6.45, 7) is 3.83. The lowest BCUT2D eigenvalue weighted by Crippen LogP contribution is -1.99. The first-order chi connectivity index (χ1) is 7.20. The van der Waals surface area contributed by atoms with Gasteiger partial charge in [-0.05, 0) is 26.0 Å². The zero-order valence-corrected chi connectivity index (χ0v) is 8.94. The zero-order chi connectivity index (χ0) is 10.8. The quantitative estimate of drug-likeness (QED) is 0.683. The molecule has 0 amide bonds. The van der Waals surface area contributed by atoms with Gasteiger partial charge in [0.1, 0.15) is 11.6 Å². The van der Waals surface area contributed by atoms with Crippen LogP contribution >= 0.6 is 0 Å². The standard InChI is InChI=1S/C11H12BN3/c1-8-13-9(2)15(14-8)11-5-3-10(7-12)4-6-11/h3-6H,7H2,1-2H3. The molecule has 2 radical (unpaired) electrons. The molecule has 15 heavy (non-hydrogen) atoms. The Hall–Kier alpha value is -1.58. The van der Waals surface area contributed by atoms with Crippen LogP contribution in [0.5, 0.6) is 0 Å². The van der Waals surface area contributed by atoms with Crippen LogP contribution in [0.4, 0.5) is 0 Å². The lowest BCUT2D eigenvalue weighted by Gasteiger charge is -2.03. The van der Waals surface area contributed by atoms with Gasteiger partial charge in [0.2, 0.25) is 0 Å². The molecule has 2 rings (SSSR count). The van der Waals surface area contributed by atoms with Crippen molar-refractivity contribution in [2.45, 2.75) is 20.2 Å². The minimum absolute atomic E-state index is 0.565. The van der Waals surface area contributed by atoms with Gasteiger partial charge in [-0.1, -0.05) is 24.0 Å². The number of aromatic nitrogens is 3. The van der Waals surface area contributed by atoms with Gasteiger partial charge >= 0.3 is 0 Å². The average molecular weight is 197 g/mol. The van der Waals surface area contributed by atoms with Crippen LogP contribution in [-0.4, -0.2) is 22.6 Å². The third-order valence-corrected chi connectivity index (χ3v) is 2.29. The highest BCUT2D eigenvalue weighted by atomic mass is 15.3. The van der Waals surface area contributed by atoms with Crippen LogP contribution in [0.3, 0.4) is 0 Å². The lowest BCUT2D eigenvalue weighted by atomic mass is 9.97. The van der Waals surface area contributed by atoms with Crippen molar-refractivity contribution in [2.75, 3.05) is 0 Å². The Morgan fingerprint density at radius 2 is 1.87 bits per heavy atom. The fraction of sp³-hybridized carbons (Fsp3) is 0.273. The number of benzene rings is 1. The molecule has 0 aliphatic rings. The maximum absolute atomic E-state index is 5.54. The highest BCUT2D eigenvalue weighted by Crippen LogP contribution is 2.10. The van der Waals surface area contributed by atoms with E-state index in [1.165, 1.54) is 0 Å². The Bertz CT molecular complexity index is 459. The third-order valence-electron chi connectivity index (χ3n) is 2.29. The Kier molecular flexibility index (Phi) is 2.58. The first-order valence-electron chi connectivity index (χ1n) is 4.90. The largest absolute Gasteiger partial charge is 0.218 e. The molecule has 0 bridgehead atoms. The van der Waals surface area contributed by atoms with Crippen LogP contribution < -0.4 is 0 Å². The highest BCUT2D eigenvalue weighted by molar-refractivity contribution is 6.08. The number of rotatable bonds is 2. The van der Waals surface area contributed by atoms with Gasteiger partial charge in [0.25, 0.3) is 0 Å². The molecule has 0 aliphatic carbocycles. The van der Waals surface area contributed by atoms with Crippen molar-refractivity contribution in [2.24, 2.45) is 0 Å². The molecule has 0 saturated heterocycles. The van der Waals surface area contributed by atoms with E-state index in [2.05, 4.69) is 10.1 Å². The van der Waals surface area contributed by atoms with Crippen molar-refractivity contribution in [3.63, 3.8) is 0 Å². The molecule has 0 unspecified atom stereocenters. The molecule has 0 aliphatic heterocycles. The third kappa shape index (κ3) is 1.93. The van der Waals surface area contributed by atoms with Crippen molar-refractivity contribution in [3.05, 3.63) is 41.5 Å². The summed E-state index contributed by atoms with van der Waals surface area (Å²) in [6.07, 6.45) is 0.565. The SMILES string of the molecule is [B]Cc1ccc(-n2nc(C)nc2C)cc1. The molecule has 1 aromatic carbocycles. The fourth-order valence-corrected chi connectivity index (χ4v) is 1.54. The van der Waals surface area contributed by atoms with Gasteiger partial charge in [0.05, 0.1) is 13.5 Å². The van der Waals surface area contributed by atoms with Crippen LogP contribution in [0.25, 0.3) is 5.69 Å². The molecular formula is C11H12BN3. The van der Waals surface area contributed by atoms with E-state index in [9.17, 15) is 0 Å². The van der Waals surface area contributed by atoms with Crippen LogP contribution in [0.15, 0.2) is 24.3 Å². The Morgan fingerprint density at radius 3 is 2.33 bits per heavy atom. The molecule has 74 valence electrons. The molecule has 0 saturated carbocycles. The minimum Gasteiger partial charge on any atom is -0.218 e. The van der Waals surface area contributed by atoms with Gasteiger partial charge < -0.3 is 0 Å². The van der Waals surface area contributed by atoms with Crippen molar-refractivity contribution in [1.82, 2.24) is 14.8 Å². The molecule has 2 aromatic rings. The van der Waals surface area contributed by atoms with E-state index in [1.807, 2.05) is 42.8 Å². The highest BCUT2D eigenvalue weighted by Gasteiger charge is 2.03. The van der Waals surface area contributed by atoms with Gasteiger partial charge in [-0.2, -0.15) is 5.10 Å². The Morgan fingerprint density at radius 1 is 1.20 bits per heavy atom. The van der Waals surface area contributed by atoms with Gasteiger partial charge in [0.15, 0.2) is 0 Å². The summed E-state index contributed by atoms with van der Waals surface area (Å²) in [7, 11) is 5.54. The Balaban J connectivity index is 2.41. The average Bonchev–Trinajstić information content (AvgIpc) is 2.58. The van der Waals surface area contributed by atoms with Crippen LogP contribution in [-0.2, 0) is 6.32 Å². The molecule has 0 atom stereocenters. The number of nitrogens with zero attached hydrogens (tertiary/aromatic N) is 3. The molecular weight excluding hydrogens is 185 g/mol. The number of hydrogen-bond donors (Lipinski definition) is 0. The molecule has 1 heterocycles. The second-order valence-electron chi connectivity index (χ2n) is 3.49.